The topological polar surface area (TPSA) is 64.3 Å². The van der Waals surface area contributed by atoms with Crippen LogP contribution in [0.4, 0.5) is 4.39 Å². The van der Waals surface area contributed by atoms with Gasteiger partial charge in [-0.25, -0.2) is 19.3 Å². The van der Waals surface area contributed by atoms with Crippen LogP contribution in [0.5, 0.6) is 0 Å². The molecule has 7 heteroatoms. The average Bonchev–Trinajstić information content (AvgIpc) is 3.43. The molecule has 0 spiro atoms. The quantitative estimate of drug-likeness (QED) is 0.518. The van der Waals surface area contributed by atoms with Crippen LogP contribution < -0.4 is 0 Å². The highest BCUT2D eigenvalue weighted by molar-refractivity contribution is 5.95. The fourth-order valence-electron chi connectivity index (χ4n) is 3.47. The van der Waals surface area contributed by atoms with Gasteiger partial charge in [0.2, 0.25) is 0 Å². The maximum Gasteiger partial charge on any atom is 0.137 e. The zero-order valence-corrected chi connectivity index (χ0v) is 15.2. The molecule has 0 radical (unpaired) electrons. The zero-order valence-electron chi connectivity index (χ0n) is 15.2. The second-order valence-corrected chi connectivity index (χ2v) is 6.63. The number of H-pyrrole nitrogens is 1. The van der Waals surface area contributed by atoms with Crippen molar-refractivity contribution in [2.24, 2.45) is 7.05 Å². The van der Waals surface area contributed by atoms with Crippen molar-refractivity contribution >= 4 is 11.0 Å². The van der Waals surface area contributed by atoms with Gasteiger partial charge < -0.3 is 14.1 Å². The Kier molecular flexibility index (Phi) is 3.79. The summed E-state index contributed by atoms with van der Waals surface area (Å²) >= 11 is 0. The summed E-state index contributed by atoms with van der Waals surface area (Å²) < 4.78 is 17.5. The number of aryl methyl sites for hydroxylation is 1. The van der Waals surface area contributed by atoms with Gasteiger partial charge in [0.1, 0.15) is 17.3 Å². The standard InChI is InChI=1S/C21H17FN6/c1-27-11-10-23-18(27)12-28-13-26-19(14-2-4-15(22)5-3-14)20(28)16-6-8-24-21-17(16)7-9-25-21/h2-11,13H,12H2,1H3,(H,24,25). The number of aromatic nitrogens is 6. The highest BCUT2D eigenvalue weighted by Gasteiger charge is 2.19. The summed E-state index contributed by atoms with van der Waals surface area (Å²) in [5.74, 6) is 0.651. The van der Waals surface area contributed by atoms with Gasteiger partial charge in [-0.1, -0.05) is 0 Å². The Morgan fingerprint density at radius 3 is 2.64 bits per heavy atom. The fraction of sp³-hybridized carbons (Fsp3) is 0.0952. The lowest BCUT2D eigenvalue weighted by molar-refractivity contribution is 0.628. The molecular formula is C21H17FN6. The Morgan fingerprint density at radius 1 is 1.00 bits per heavy atom. The second kappa shape index (κ2) is 6.45. The maximum atomic E-state index is 13.4. The van der Waals surface area contributed by atoms with E-state index in [0.717, 1.165) is 39.4 Å². The van der Waals surface area contributed by atoms with E-state index in [1.807, 2.05) is 42.5 Å². The number of nitrogens with zero attached hydrogens (tertiary/aromatic N) is 5. The lowest BCUT2D eigenvalue weighted by atomic mass is 10.0. The van der Waals surface area contributed by atoms with Crippen LogP contribution in [-0.4, -0.2) is 29.1 Å². The molecule has 0 unspecified atom stereocenters. The number of pyridine rings is 1. The van der Waals surface area contributed by atoms with E-state index in [-0.39, 0.29) is 5.82 Å². The molecule has 1 aromatic carbocycles. The van der Waals surface area contributed by atoms with Crippen LogP contribution >= 0.6 is 0 Å². The molecule has 4 heterocycles. The summed E-state index contributed by atoms with van der Waals surface area (Å²) in [6, 6.07) is 10.4. The molecule has 0 saturated heterocycles. The first kappa shape index (κ1) is 16.4. The van der Waals surface area contributed by atoms with E-state index in [0.29, 0.717) is 6.54 Å². The van der Waals surface area contributed by atoms with E-state index in [1.54, 1.807) is 24.5 Å². The predicted octanol–water partition coefficient (Wildman–Crippen LogP) is 4.01. The van der Waals surface area contributed by atoms with Crippen molar-refractivity contribution in [3.8, 4) is 22.5 Å². The first-order valence-corrected chi connectivity index (χ1v) is 8.90. The van der Waals surface area contributed by atoms with Crippen molar-refractivity contribution in [2.45, 2.75) is 6.54 Å². The summed E-state index contributed by atoms with van der Waals surface area (Å²) in [4.78, 5) is 16.7. The normalized spacial score (nSPS) is 11.4. The zero-order chi connectivity index (χ0) is 19.1. The van der Waals surface area contributed by atoms with Gasteiger partial charge in [0, 0.05) is 48.3 Å². The van der Waals surface area contributed by atoms with Crippen molar-refractivity contribution in [3.05, 3.63) is 79.2 Å². The molecule has 0 bridgehead atoms. The third-order valence-corrected chi connectivity index (χ3v) is 4.90. The summed E-state index contributed by atoms with van der Waals surface area (Å²) in [6.45, 7) is 0.571. The van der Waals surface area contributed by atoms with Crippen LogP contribution in [0.15, 0.2) is 67.5 Å². The number of rotatable bonds is 4. The molecule has 5 rings (SSSR count). The highest BCUT2D eigenvalue weighted by atomic mass is 19.1. The van der Waals surface area contributed by atoms with E-state index in [1.165, 1.54) is 12.1 Å². The molecule has 0 saturated carbocycles. The summed E-state index contributed by atoms with van der Waals surface area (Å²) in [6.07, 6.45) is 9.16. The molecule has 4 aromatic heterocycles. The fourth-order valence-corrected chi connectivity index (χ4v) is 3.47. The Balaban J connectivity index is 1.74. The van der Waals surface area contributed by atoms with E-state index in [2.05, 4.69) is 24.5 Å². The molecule has 0 aliphatic carbocycles. The van der Waals surface area contributed by atoms with E-state index in [4.69, 9.17) is 0 Å². The van der Waals surface area contributed by atoms with Crippen LogP contribution in [0.2, 0.25) is 0 Å². The summed E-state index contributed by atoms with van der Waals surface area (Å²) in [7, 11) is 1.97. The minimum absolute atomic E-state index is 0.269. The number of halogens is 1. The summed E-state index contributed by atoms with van der Waals surface area (Å²) in [5.41, 5.74) is 4.42. The predicted molar refractivity (Wildman–Crippen MR) is 105 cm³/mol. The monoisotopic (exact) mass is 372 g/mol. The van der Waals surface area contributed by atoms with Crippen molar-refractivity contribution in [3.63, 3.8) is 0 Å². The van der Waals surface area contributed by atoms with Gasteiger partial charge in [0.05, 0.1) is 24.3 Å². The Labute approximate surface area is 160 Å². The van der Waals surface area contributed by atoms with Gasteiger partial charge >= 0.3 is 0 Å². The SMILES string of the molecule is Cn1ccnc1Cn1cnc(-c2ccc(F)cc2)c1-c1ccnc2[nH]ccc12. The van der Waals surface area contributed by atoms with Gasteiger partial charge in [0.25, 0.3) is 0 Å². The Hall–Kier alpha value is -3.74. The van der Waals surface area contributed by atoms with Gasteiger partial charge in [-0.2, -0.15) is 0 Å². The molecule has 0 amide bonds. The molecule has 5 aromatic rings. The molecule has 0 fully saturated rings. The van der Waals surface area contributed by atoms with Gasteiger partial charge in [-0.05, 0) is 36.4 Å². The molecule has 0 atom stereocenters. The molecule has 0 aliphatic rings. The Bertz CT molecular complexity index is 1260. The first-order valence-electron chi connectivity index (χ1n) is 8.90. The third kappa shape index (κ3) is 2.68. The maximum absolute atomic E-state index is 13.4. The third-order valence-electron chi connectivity index (χ3n) is 4.90. The smallest absolute Gasteiger partial charge is 0.137 e. The van der Waals surface area contributed by atoms with Crippen LogP contribution in [0.25, 0.3) is 33.5 Å². The van der Waals surface area contributed by atoms with Gasteiger partial charge in [-0.3, -0.25) is 0 Å². The Morgan fingerprint density at radius 2 is 1.86 bits per heavy atom. The molecule has 1 N–H and O–H groups in total. The van der Waals surface area contributed by atoms with Crippen molar-refractivity contribution in [1.29, 1.82) is 0 Å². The van der Waals surface area contributed by atoms with Gasteiger partial charge in [0.15, 0.2) is 0 Å². The van der Waals surface area contributed by atoms with Crippen molar-refractivity contribution in [1.82, 2.24) is 29.1 Å². The number of fused-ring (bicyclic) bond motifs is 1. The lowest BCUT2D eigenvalue weighted by Crippen LogP contribution is -2.06. The number of hydrogen-bond donors (Lipinski definition) is 1. The van der Waals surface area contributed by atoms with Crippen LogP contribution in [0.3, 0.4) is 0 Å². The highest BCUT2D eigenvalue weighted by Crippen LogP contribution is 2.35. The molecule has 138 valence electrons. The van der Waals surface area contributed by atoms with E-state index < -0.39 is 0 Å². The van der Waals surface area contributed by atoms with Gasteiger partial charge in [-0.15, -0.1) is 0 Å². The van der Waals surface area contributed by atoms with Crippen molar-refractivity contribution in [2.75, 3.05) is 0 Å². The number of aromatic amines is 1. The number of nitrogens with one attached hydrogen (secondary N) is 1. The number of imidazole rings is 2. The molecule has 0 aliphatic heterocycles. The van der Waals surface area contributed by atoms with E-state index in [9.17, 15) is 4.39 Å². The first-order chi connectivity index (χ1) is 13.7. The summed E-state index contributed by atoms with van der Waals surface area (Å²) in [5, 5.41) is 1.01. The minimum Gasteiger partial charge on any atom is -0.346 e. The number of hydrogen-bond acceptors (Lipinski definition) is 3. The van der Waals surface area contributed by atoms with Crippen LogP contribution in [0, 0.1) is 5.82 Å². The minimum atomic E-state index is -0.269. The molecule has 6 nitrogen and oxygen atoms in total. The van der Waals surface area contributed by atoms with E-state index >= 15 is 0 Å². The average molecular weight is 372 g/mol. The second-order valence-electron chi connectivity index (χ2n) is 6.63. The van der Waals surface area contributed by atoms with Crippen LogP contribution in [0.1, 0.15) is 5.82 Å². The largest absolute Gasteiger partial charge is 0.346 e. The van der Waals surface area contributed by atoms with Crippen LogP contribution in [-0.2, 0) is 13.6 Å². The number of benzene rings is 1. The molecule has 28 heavy (non-hydrogen) atoms. The molecular weight excluding hydrogens is 355 g/mol. The lowest BCUT2D eigenvalue weighted by Gasteiger charge is -2.12. The van der Waals surface area contributed by atoms with Crippen molar-refractivity contribution < 1.29 is 4.39 Å².